The normalized spacial score (nSPS) is 16.0. The van der Waals surface area contributed by atoms with Gasteiger partial charge in [-0.2, -0.15) is 5.10 Å². The van der Waals surface area contributed by atoms with Crippen molar-refractivity contribution < 1.29 is 9.53 Å². The lowest BCUT2D eigenvalue weighted by Crippen LogP contribution is -2.20. The molecule has 2 aromatic heterocycles. The summed E-state index contributed by atoms with van der Waals surface area (Å²) >= 11 is 0. The molecule has 8 heteroatoms. The fraction of sp³-hybridized carbons (Fsp3) is 0.333. The zero-order valence-electron chi connectivity index (χ0n) is 16.7. The van der Waals surface area contributed by atoms with Crippen LogP contribution in [0.1, 0.15) is 31.0 Å². The van der Waals surface area contributed by atoms with E-state index in [9.17, 15) is 4.79 Å². The van der Waals surface area contributed by atoms with Crippen molar-refractivity contribution in [3.05, 3.63) is 54.1 Å². The summed E-state index contributed by atoms with van der Waals surface area (Å²) in [5.74, 6) is 0.922. The summed E-state index contributed by atoms with van der Waals surface area (Å²) in [6.07, 6.45) is 4.98. The van der Waals surface area contributed by atoms with Crippen molar-refractivity contribution in [1.29, 1.82) is 0 Å². The minimum Gasteiger partial charge on any atom is -0.442 e. The van der Waals surface area contributed by atoms with E-state index in [1.165, 1.54) is 0 Å². The monoisotopic (exact) mass is 392 g/mol. The minimum absolute atomic E-state index is 0.199. The number of nitrogens with one attached hydrogen (secondary N) is 2. The summed E-state index contributed by atoms with van der Waals surface area (Å²) in [4.78, 5) is 20.1. The third-order valence-corrected chi connectivity index (χ3v) is 4.71. The number of nitrogens with zero attached hydrogens (tertiary/aromatic N) is 4. The lowest BCUT2D eigenvalue weighted by Gasteiger charge is -2.10. The van der Waals surface area contributed by atoms with E-state index in [2.05, 4.69) is 57.7 Å². The van der Waals surface area contributed by atoms with Crippen LogP contribution in [0, 0.1) is 6.92 Å². The van der Waals surface area contributed by atoms with E-state index in [4.69, 9.17) is 4.74 Å². The maximum Gasteiger partial charge on any atom is 0.407 e. The molecule has 1 saturated heterocycles. The average Bonchev–Trinajstić information content (AvgIpc) is 3.31. The van der Waals surface area contributed by atoms with E-state index < -0.39 is 0 Å². The van der Waals surface area contributed by atoms with Gasteiger partial charge in [-0.15, -0.1) is 0 Å². The molecular weight excluding hydrogens is 368 g/mol. The summed E-state index contributed by atoms with van der Waals surface area (Å²) in [7, 11) is 0. The number of hydrogen-bond acceptors (Lipinski definition) is 6. The van der Waals surface area contributed by atoms with Gasteiger partial charge in [0, 0.05) is 29.3 Å². The predicted octanol–water partition coefficient (Wildman–Crippen LogP) is 3.62. The van der Waals surface area contributed by atoms with Gasteiger partial charge in [0.05, 0.1) is 19.3 Å². The van der Waals surface area contributed by atoms with E-state index in [1.807, 2.05) is 25.4 Å². The van der Waals surface area contributed by atoms with Crippen molar-refractivity contribution in [3.63, 3.8) is 0 Å². The van der Waals surface area contributed by atoms with Crippen LogP contribution < -0.4 is 10.6 Å². The number of benzene rings is 1. The van der Waals surface area contributed by atoms with E-state index in [-0.39, 0.29) is 12.2 Å². The first-order chi connectivity index (χ1) is 14.0. The second-order valence-corrected chi connectivity index (χ2v) is 7.53. The molecule has 0 radical (unpaired) electrons. The maximum atomic E-state index is 11.2. The van der Waals surface area contributed by atoms with Gasteiger partial charge in [0.15, 0.2) is 0 Å². The Bertz CT molecular complexity index is 1030. The number of aromatic nitrogens is 4. The Labute approximate surface area is 169 Å². The van der Waals surface area contributed by atoms with E-state index in [0.29, 0.717) is 25.0 Å². The number of alkyl carbamates (subject to hydrolysis) is 1. The molecule has 0 aliphatic carbocycles. The number of rotatable bonds is 6. The highest BCUT2D eigenvalue weighted by molar-refractivity contribution is 5.70. The number of amides is 1. The van der Waals surface area contributed by atoms with Crippen LogP contribution >= 0.6 is 0 Å². The molecule has 0 saturated carbocycles. The second kappa shape index (κ2) is 7.90. The van der Waals surface area contributed by atoms with Gasteiger partial charge in [-0.1, -0.05) is 19.9 Å². The van der Waals surface area contributed by atoms with Crippen LogP contribution in [-0.2, 0) is 11.3 Å². The van der Waals surface area contributed by atoms with Crippen LogP contribution in [0.5, 0.6) is 0 Å². The molecule has 0 bridgehead atoms. The zero-order valence-corrected chi connectivity index (χ0v) is 16.7. The Morgan fingerprint density at radius 3 is 2.93 bits per heavy atom. The van der Waals surface area contributed by atoms with Crippen molar-refractivity contribution in [2.45, 2.75) is 39.3 Å². The highest BCUT2D eigenvalue weighted by Crippen LogP contribution is 2.26. The van der Waals surface area contributed by atoms with Crippen molar-refractivity contribution in [1.82, 2.24) is 25.1 Å². The highest BCUT2D eigenvalue weighted by atomic mass is 16.6. The molecule has 1 atom stereocenters. The summed E-state index contributed by atoms with van der Waals surface area (Å²) in [5, 5.41) is 10.4. The van der Waals surface area contributed by atoms with Gasteiger partial charge in [-0.05, 0) is 42.2 Å². The molecular formula is C21H24N6O2. The fourth-order valence-corrected chi connectivity index (χ4v) is 3.26. The van der Waals surface area contributed by atoms with Crippen LogP contribution in [0.3, 0.4) is 0 Å². The number of anilines is 2. The van der Waals surface area contributed by atoms with Gasteiger partial charge >= 0.3 is 6.09 Å². The van der Waals surface area contributed by atoms with Crippen molar-refractivity contribution in [2.24, 2.45) is 0 Å². The summed E-state index contributed by atoms with van der Waals surface area (Å²) in [5.41, 5.74) is 5.07. The van der Waals surface area contributed by atoms with Crippen LogP contribution in [0.25, 0.3) is 11.1 Å². The van der Waals surface area contributed by atoms with Crippen LogP contribution in [0.15, 0.2) is 42.9 Å². The molecule has 8 nitrogen and oxygen atoms in total. The molecule has 1 fully saturated rings. The van der Waals surface area contributed by atoms with Gasteiger partial charge in [0.1, 0.15) is 6.10 Å². The molecule has 2 N–H and O–H groups in total. The van der Waals surface area contributed by atoms with Crippen molar-refractivity contribution >= 4 is 17.7 Å². The smallest absolute Gasteiger partial charge is 0.407 e. The Hall–Kier alpha value is -3.42. The molecule has 1 aromatic carbocycles. The van der Waals surface area contributed by atoms with Gasteiger partial charge in [0.25, 0.3) is 0 Å². The molecule has 0 unspecified atom stereocenters. The number of hydrogen-bond donors (Lipinski definition) is 2. The number of cyclic esters (lactones) is 1. The fourth-order valence-electron chi connectivity index (χ4n) is 3.26. The SMILES string of the molecule is Cc1cc(Nc2nccc(C(C)C)n2)cc(-c2cnn(C[C@H]3CNC(=O)O3)c2)c1. The topological polar surface area (TPSA) is 94.0 Å². The third kappa shape index (κ3) is 4.53. The first-order valence-corrected chi connectivity index (χ1v) is 9.65. The highest BCUT2D eigenvalue weighted by Gasteiger charge is 2.23. The molecule has 1 amide bonds. The van der Waals surface area contributed by atoms with Gasteiger partial charge in [0.2, 0.25) is 5.95 Å². The Kier molecular flexibility index (Phi) is 5.16. The summed E-state index contributed by atoms with van der Waals surface area (Å²) in [6, 6.07) is 8.15. The lowest BCUT2D eigenvalue weighted by molar-refractivity contribution is 0.129. The standard InChI is InChI=1S/C21H24N6O2/c1-13(2)19-4-5-22-20(26-19)25-17-7-14(3)6-15(8-17)16-9-24-27(11-16)12-18-10-23-21(28)29-18/h4-9,11,13,18H,10,12H2,1-3H3,(H,23,28)(H,22,25,26)/t18-/m1/s1. The Balaban J connectivity index is 1.53. The Morgan fingerprint density at radius 2 is 2.17 bits per heavy atom. The summed E-state index contributed by atoms with van der Waals surface area (Å²) < 4.78 is 6.97. The van der Waals surface area contributed by atoms with E-state index in [1.54, 1.807) is 10.9 Å². The lowest BCUT2D eigenvalue weighted by atomic mass is 10.1. The first kappa shape index (κ1) is 18.9. The second-order valence-electron chi connectivity index (χ2n) is 7.53. The third-order valence-electron chi connectivity index (χ3n) is 4.71. The number of aryl methyl sites for hydroxylation is 1. The van der Waals surface area contributed by atoms with E-state index in [0.717, 1.165) is 28.1 Å². The predicted molar refractivity (Wildman–Crippen MR) is 110 cm³/mol. The van der Waals surface area contributed by atoms with Gasteiger partial charge in [-0.3, -0.25) is 4.68 Å². The molecule has 3 heterocycles. The molecule has 3 aromatic rings. The quantitative estimate of drug-likeness (QED) is 0.665. The van der Waals surface area contributed by atoms with Crippen LogP contribution in [0.2, 0.25) is 0 Å². The van der Waals surface area contributed by atoms with Crippen LogP contribution in [0.4, 0.5) is 16.4 Å². The van der Waals surface area contributed by atoms with Gasteiger partial charge in [-0.25, -0.2) is 14.8 Å². The molecule has 1 aliphatic rings. The van der Waals surface area contributed by atoms with Gasteiger partial charge < -0.3 is 15.4 Å². The Morgan fingerprint density at radius 1 is 1.31 bits per heavy atom. The minimum atomic E-state index is -0.375. The average molecular weight is 392 g/mol. The largest absolute Gasteiger partial charge is 0.442 e. The van der Waals surface area contributed by atoms with Crippen molar-refractivity contribution in [2.75, 3.05) is 11.9 Å². The van der Waals surface area contributed by atoms with Crippen molar-refractivity contribution in [3.8, 4) is 11.1 Å². The zero-order chi connectivity index (χ0) is 20.4. The molecule has 1 aliphatic heterocycles. The molecule has 150 valence electrons. The number of ether oxygens (including phenoxy) is 1. The number of carbonyl (C=O) groups is 1. The molecule has 29 heavy (non-hydrogen) atoms. The van der Waals surface area contributed by atoms with E-state index >= 15 is 0 Å². The first-order valence-electron chi connectivity index (χ1n) is 9.65. The number of carbonyl (C=O) groups excluding carboxylic acids is 1. The maximum absolute atomic E-state index is 11.2. The summed E-state index contributed by atoms with van der Waals surface area (Å²) in [6.45, 7) is 7.29. The molecule has 4 rings (SSSR count). The molecule has 0 spiro atoms. The van der Waals surface area contributed by atoms with Crippen LogP contribution in [-0.4, -0.2) is 38.5 Å².